The predicted octanol–water partition coefficient (Wildman–Crippen LogP) is 1.69. The van der Waals surface area contributed by atoms with E-state index in [0.717, 1.165) is 17.8 Å². The van der Waals surface area contributed by atoms with Gasteiger partial charge in [-0.25, -0.2) is 4.98 Å². The van der Waals surface area contributed by atoms with E-state index in [4.69, 9.17) is 0 Å². The summed E-state index contributed by atoms with van der Waals surface area (Å²) in [4.78, 5) is 16.2. The van der Waals surface area contributed by atoms with Gasteiger partial charge in [0.05, 0.1) is 5.69 Å². The Hall–Kier alpha value is -1.30. The normalized spacial score (nSPS) is 11.3. The fourth-order valence-corrected chi connectivity index (χ4v) is 1.99. The van der Waals surface area contributed by atoms with Crippen molar-refractivity contribution in [3.63, 3.8) is 0 Å². The first-order chi connectivity index (χ1) is 9.20. The Kier molecular flexibility index (Phi) is 9.01. The summed E-state index contributed by atoms with van der Waals surface area (Å²) in [6.45, 7) is 3.23. The Morgan fingerprint density at radius 1 is 1.38 bits per heavy atom. The van der Waals surface area contributed by atoms with Crippen LogP contribution in [0.5, 0.6) is 0 Å². The van der Waals surface area contributed by atoms with Crippen LogP contribution in [-0.2, 0) is 11.2 Å². The number of pyridine rings is 1. The van der Waals surface area contributed by atoms with Crippen molar-refractivity contribution >= 4 is 36.4 Å². The lowest BCUT2D eigenvalue weighted by Crippen LogP contribution is -2.35. The van der Waals surface area contributed by atoms with Crippen LogP contribution in [0.2, 0.25) is 0 Å². The maximum Gasteiger partial charge on any atom is 0.224 e. The number of hydrogen-bond acceptors (Lipinski definition) is 3. The molecule has 0 bridgehead atoms. The van der Waals surface area contributed by atoms with Gasteiger partial charge in [0, 0.05) is 37.8 Å². The largest absolute Gasteiger partial charge is 0.355 e. The minimum absolute atomic E-state index is 0. The quantitative estimate of drug-likeness (QED) is 0.846. The average molecular weight is 333 g/mol. The van der Waals surface area contributed by atoms with E-state index in [1.54, 1.807) is 0 Å². The van der Waals surface area contributed by atoms with Gasteiger partial charge in [0.2, 0.25) is 5.91 Å². The van der Waals surface area contributed by atoms with Crippen LogP contribution in [0, 0.1) is 5.92 Å². The number of imidazole rings is 1. The van der Waals surface area contributed by atoms with Crippen LogP contribution >= 0.6 is 24.8 Å². The molecule has 1 atom stereocenters. The lowest BCUT2D eigenvalue weighted by atomic mass is 10.1. The van der Waals surface area contributed by atoms with E-state index < -0.39 is 0 Å². The van der Waals surface area contributed by atoms with Gasteiger partial charge in [0.1, 0.15) is 5.65 Å². The molecule has 0 aliphatic rings. The molecule has 0 spiro atoms. The molecule has 0 aromatic carbocycles. The van der Waals surface area contributed by atoms with Gasteiger partial charge in [-0.15, -0.1) is 24.8 Å². The van der Waals surface area contributed by atoms with Crippen LogP contribution in [0.25, 0.3) is 5.65 Å². The van der Waals surface area contributed by atoms with Crippen molar-refractivity contribution in [2.45, 2.75) is 13.3 Å². The summed E-state index contributed by atoms with van der Waals surface area (Å²) in [5, 5.41) is 5.93. The van der Waals surface area contributed by atoms with Gasteiger partial charge < -0.3 is 15.0 Å². The van der Waals surface area contributed by atoms with Crippen LogP contribution in [0.1, 0.15) is 12.6 Å². The molecule has 0 fully saturated rings. The van der Waals surface area contributed by atoms with Crippen LogP contribution in [0.4, 0.5) is 0 Å². The summed E-state index contributed by atoms with van der Waals surface area (Å²) in [5.41, 5.74) is 1.93. The minimum Gasteiger partial charge on any atom is -0.355 e. The molecule has 0 saturated heterocycles. The van der Waals surface area contributed by atoms with Gasteiger partial charge >= 0.3 is 0 Å². The first kappa shape index (κ1) is 19.7. The smallest absolute Gasteiger partial charge is 0.224 e. The summed E-state index contributed by atoms with van der Waals surface area (Å²) in [7, 11) is 1.85. The maximum atomic E-state index is 11.7. The van der Waals surface area contributed by atoms with Crippen molar-refractivity contribution < 1.29 is 4.79 Å². The van der Waals surface area contributed by atoms with Crippen LogP contribution in [0.3, 0.4) is 0 Å². The molecule has 2 aromatic rings. The molecular weight excluding hydrogens is 311 g/mol. The van der Waals surface area contributed by atoms with Crippen LogP contribution in [0.15, 0.2) is 30.6 Å². The summed E-state index contributed by atoms with van der Waals surface area (Å²) >= 11 is 0. The first-order valence-corrected chi connectivity index (χ1v) is 6.55. The fourth-order valence-electron chi connectivity index (χ4n) is 1.99. The number of rotatable bonds is 6. The third-order valence-electron chi connectivity index (χ3n) is 3.05. The van der Waals surface area contributed by atoms with Gasteiger partial charge in [-0.2, -0.15) is 0 Å². The lowest BCUT2D eigenvalue weighted by Gasteiger charge is -2.10. The molecular formula is C14H22Cl2N4O. The Labute approximate surface area is 137 Å². The van der Waals surface area contributed by atoms with Crippen LogP contribution in [-0.4, -0.2) is 35.4 Å². The van der Waals surface area contributed by atoms with E-state index in [1.807, 2.05) is 49.0 Å². The zero-order valence-corrected chi connectivity index (χ0v) is 13.8. The van der Waals surface area contributed by atoms with Gasteiger partial charge in [-0.3, -0.25) is 4.79 Å². The van der Waals surface area contributed by atoms with Gasteiger partial charge in [-0.05, 0) is 19.2 Å². The van der Waals surface area contributed by atoms with Gasteiger partial charge in [0.25, 0.3) is 0 Å². The van der Waals surface area contributed by atoms with E-state index in [2.05, 4.69) is 15.6 Å². The summed E-state index contributed by atoms with van der Waals surface area (Å²) in [6.07, 6.45) is 4.72. The second kappa shape index (κ2) is 9.60. The fraction of sp³-hybridized carbons (Fsp3) is 0.429. The van der Waals surface area contributed by atoms with E-state index in [0.29, 0.717) is 13.1 Å². The lowest BCUT2D eigenvalue weighted by molar-refractivity contribution is -0.124. The summed E-state index contributed by atoms with van der Waals surface area (Å²) in [6, 6.07) is 5.91. The minimum atomic E-state index is -0.00827. The molecule has 118 valence electrons. The number of fused-ring (bicyclic) bond motifs is 1. The number of aromatic nitrogens is 2. The number of nitrogens with one attached hydrogen (secondary N) is 2. The number of carbonyl (C=O) groups excluding carboxylic acids is 1. The zero-order valence-electron chi connectivity index (χ0n) is 12.2. The Bertz CT molecular complexity index is 526. The Morgan fingerprint density at radius 3 is 2.81 bits per heavy atom. The predicted molar refractivity (Wildman–Crippen MR) is 89.5 cm³/mol. The van der Waals surface area contributed by atoms with Crippen molar-refractivity contribution in [3.05, 3.63) is 36.3 Å². The molecule has 1 unspecified atom stereocenters. The number of amides is 1. The van der Waals surface area contributed by atoms with E-state index >= 15 is 0 Å². The van der Waals surface area contributed by atoms with Crippen molar-refractivity contribution in [3.8, 4) is 0 Å². The van der Waals surface area contributed by atoms with E-state index in [9.17, 15) is 4.79 Å². The molecule has 1 amide bonds. The second-order valence-electron chi connectivity index (χ2n) is 4.70. The molecule has 2 N–H and O–H groups in total. The monoisotopic (exact) mass is 332 g/mol. The van der Waals surface area contributed by atoms with Gasteiger partial charge in [0.15, 0.2) is 0 Å². The van der Waals surface area contributed by atoms with Crippen LogP contribution < -0.4 is 10.6 Å². The van der Waals surface area contributed by atoms with E-state index in [-0.39, 0.29) is 36.6 Å². The number of carbonyl (C=O) groups is 1. The zero-order chi connectivity index (χ0) is 13.7. The summed E-state index contributed by atoms with van der Waals surface area (Å²) < 4.78 is 1.99. The molecule has 0 aliphatic carbocycles. The highest BCUT2D eigenvalue weighted by Gasteiger charge is 2.11. The highest BCUT2D eigenvalue weighted by atomic mass is 35.5. The SMILES string of the molecule is CNCC(C)C(=O)NCCc1cn2ccccc2n1.Cl.Cl. The molecule has 0 aliphatic heterocycles. The van der Waals surface area contributed by atoms with Crippen molar-refractivity contribution in [2.75, 3.05) is 20.1 Å². The number of nitrogens with zero attached hydrogens (tertiary/aromatic N) is 2. The summed E-state index contributed by atoms with van der Waals surface area (Å²) in [5.74, 6) is 0.0733. The Morgan fingerprint density at radius 2 is 2.14 bits per heavy atom. The number of halogens is 2. The highest BCUT2D eigenvalue weighted by Crippen LogP contribution is 2.04. The average Bonchev–Trinajstić information content (AvgIpc) is 2.81. The number of hydrogen-bond donors (Lipinski definition) is 2. The van der Waals surface area contributed by atoms with Crippen molar-refractivity contribution in [1.82, 2.24) is 20.0 Å². The maximum absolute atomic E-state index is 11.7. The highest BCUT2D eigenvalue weighted by molar-refractivity contribution is 5.85. The molecule has 5 nitrogen and oxygen atoms in total. The van der Waals surface area contributed by atoms with Gasteiger partial charge in [-0.1, -0.05) is 13.0 Å². The first-order valence-electron chi connectivity index (χ1n) is 6.55. The second-order valence-corrected chi connectivity index (χ2v) is 4.70. The Balaban J connectivity index is 0.00000200. The molecule has 21 heavy (non-hydrogen) atoms. The molecule has 0 saturated carbocycles. The third kappa shape index (κ3) is 5.53. The third-order valence-corrected chi connectivity index (χ3v) is 3.05. The topological polar surface area (TPSA) is 58.4 Å². The molecule has 2 heterocycles. The van der Waals surface area contributed by atoms with Crippen molar-refractivity contribution in [1.29, 1.82) is 0 Å². The molecule has 2 aromatic heterocycles. The molecule has 7 heteroatoms. The molecule has 0 radical (unpaired) electrons. The standard InChI is InChI=1S/C14H20N4O.2ClH/c1-11(9-15-2)14(19)16-7-6-12-10-18-8-4-3-5-13(18)17-12;;/h3-5,8,10-11,15H,6-7,9H2,1-2H3,(H,16,19);2*1H. The van der Waals surface area contributed by atoms with E-state index in [1.165, 1.54) is 0 Å². The molecule has 2 rings (SSSR count). The van der Waals surface area contributed by atoms with Crippen molar-refractivity contribution in [2.24, 2.45) is 5.92 Å².